The van der Waals surface area contributed by atoms with Crippen molar-refractivity contribution >= 4 is 11.4 Å². The van der Waals surface area contributed by atoms with Crippen molar-refractivity contribution in [2.75, 3.05) is 17.2 Å². The molecule has 0 bridgehead atoms. The third-order valence-electron chi connectivity index (χ3n) is 4.90. The van der Waals surface area contributed by atoms with Crippen LogP contribution in [0.25, 0.3) is 0 Å². The standard InChI is InChI=1S/C16H24N2/c1-12-14(17)8-4-9-15(12)18-11-5-10-16(18)13-6-2-3-7-13/h4,8-9,13,16H,2-3,5-7,10-11,17H2,1H3. The fraction of sp³-hybridized carbons (Fsp3) is 0.625. The molecule has 2 fully saturated rings. The van der Waals surface area contributed by atoms with Crippen LogP contribution >= 0.6 is 0 Å². The molecular formula is C16H24N2. The van der Waals surface area contributed by atoms with E-state index in [0.29, 0.717) is 0 Å². The van der Waals surface area contributed by atoms with Gasteiger partial charge in [-0.15, -0.1) is 0 Å². The second-order valence-corrected chi connectivity index (χ2v) is 5.94. The second-order valence-electron chi connectivity index (χ2n) is 5.94. The summed E-state index contributed by atoms with van der Waals surface area (Å²) in [6, 6.07) is 7.13. The molecule has 18 heavy (non-hydrogen) atoms. The van der Waals surface area contributed by atoms with Gasteiger partial charge in [-0.05, 0) is 56.2 Å². The van der Waals surface area contributed by atoms with Crippen LogP contribution < -0.4 is 10.6 Å². The Morgan fingerprint density at radius 1 is 1.11 bits per heavy atom. The van der Waals surface area contributed by atoms with E-state index < -0.39 is 0 Å². The van der Waals surface area contributed by atoms with Crippen LogP contribution in [0.1, 0.15) is 44.1 Å². The Kier molecular flexibility index (Phi) is 3.19. The number of nitrogens with zero attached hydrogens (tertiary/aromatic N) is 1. The Bertz CT molecular complexity index is 421. The Labute approximate surface area is 110 Å². The zero-order valence-electron chi connectivity index (χ0n) is 11.4. The molecule has 2 heteroatoms. The first-order valence-corrected chi connectivity index (χ1v) is 7.39. The Morgan fingerprint density at radius 3 is 2.67 bits per heavy atom. The fourth-order valence-electron chi connectivity index (χ4n) is 3.88. The third-order valence-corrected chi connectivity index (χ3v) is 4.90. The van der Waals surface area contributed by atoms with E-state index in [9.17, 15) is 0 Å². The Morgan fingerprint density at radius 2 is 1.89 bits per heavy atom. The molecule has 0 radical (unpaired) electrons. The molecule has 1 saturated heterocycles. The van der Waals surface area contributed by atoms with Gasteiger partial charge in [-0.1, -0.05) is 18.9 Å². The predicted octanol–water partition coefficient (Wildman–Crippen LogP) is 3.74. The predicted molar refractivity (Wildman–Crippen MR) is 77.9 cm³/mol. The molecule has 1 saturated carbocycles. The van der Waals surface area contributed by atoms with Gasteiger partial charge in [0.25, 0.3) is 0 Å². The van der Waals surface area contributed by atoms with E-state index in [-0.39, 0.29) is 0 Å². The summed E-state index contributed by atoms with van der Waals surface area (Å²) in [4.78, 5) is 2.64. The van der Waals surface area contributed by atoms with Crippen LogP contribution in [-0.4, -0.2) is 12.6 Å². The van der Waals surface area contributed by atoms with Crippen molar-refractivity contribution < 1.29 is 0 Å². The summed E-state index contributed by atoms with van der Waals surface area (Å²) in [7, 11) is 0. The smallest absolute Gasteiger partial charge is 0.0419 e. The van der Waals surface area contributed by atoms with Crippen molar-refractivity contribution in [1.29, 1.82) is 0 Å². The van der Waals surface area contributed by atoms with Crippen LogP contribution in [-0.2, 0) is 0 Å². The maximum atomic E-state index is 6.06. The molecule has 3 rings (SSSR count). The largest absolute Gasteiger partial charge is 0.398 e. The summed E-state index contributed by atoms with van der Waals surface area (Å²) in [6.45, 7) is 3.38. The lowest BCUT2D eigenvalue weighted by atomic mass is 9.95. The summed E-state index contributed by atoms with van der Waals surface area (Å²) >= 11 is 0. The van der Waals surface area contributed by atoms with E-state index in [0.717, 1.165) is 17.6 Å². The van der Waals surface area contributed by atoms with Gasteiger partial charge in [0.15, 0.2) is 0 Å². The van der Waals surface area contributed by atoms with Crippen LogP contribution in [0.2, 0.25) is 0 Å². The van der Waals surface area contributed by atoms with Crippen LogP contribution in [0.5, 0.6) is 0 Å². The molecule has 0 spiro atoms. The number of rotatable bonds is 2. The first kappa shape index (κ1) is 11.9. The normalized spacial score (nSPS) is 24.9. The van der Waals surface area contributed by atoms with Crippen molar-refractivity contribution in [3.8, 4) is 0 Å². The number of hydrogen-bond donors (Lipinski definition) is 1. The highest BCUT2D eigenvalue weighted by Crippen LogP contribution is 2.39. The molecule has 1 heterocycles. The number of nitrogen functional groups attached to an aromatic ring is 1. The number of nitrogens with two attached hydrogens (primary N) is 1. The van der Waals surface area contributed by atoms with E-state index in [2.05, 4.69) is 24.0 Å². The van der Waals surface area contributed by atoms with Gasteiger partial charge in [-0.3, -0.25) is 0 Å². The van der Waals surface area contributed by atoms with Gasteiger partial charge in [-0.25, -0.2) is 0 Å². The second kappa shape index (κ2) is 4.83. The van der Waals surface area contributed by atoms with Crippen LogP contribution in [0, 0.1) is 12.8 Å². The molecular weight excluding hydrogens is 220 g/mol. The van der Waals surface area contributed by atoms with Crippen LogP contribution in [0.3, 0.4) is 0 Å². The SMILES string of the molecule is Cc1c(N)cccc1N1CCCC1C1CCCC1. The van der Waals surface area contributed by atoms with Gasteiger partial charge in [0, 0.05) is 24.0 Å². The van der Waals surface area contributed by atoms with Gasteiger partial charge < -0.3 is 10.6 Å². The molecule has 98 valence electrons. The highest BCUT2D eigenvalue weighted by Gasteiger charge is 2.33. The first-order chi connectivity index (χ1) is 8.77. The minimum Gasteiger partial charge on any atom is -0.398 e. The lowest BCUT2D eigenvalue weighted by molar-refractivity contribution is 0.430. The van der Waals surface area contributed by atoms with Crippen molar-refractivity contribution in [2.45, 2.75) is 51.5 Å². The maximum Gasteiger partial charge on any atom is 0.0419 e. The number of hydrogen-bond acceptors (Lipinski definition) is 2. The molecule has 1 aliphatic carbocycles. The van der Waals surface area contributed by atoms with Gasteiger partial charge in [-0.2, -0.15) is 0 Å². The zero-order chi connectivity index (χ0) is 12.5. The van der Waals surface area contributed by atoms with E-state index >= 15 is 0 Å². The van der Waals surface area contributed by atoms with Crippen LogP contribution in [0.15, 0.2) is 18.2 Å². The summed E-state index contributed by atoms with van der Waals surface area (Å²) in [6.07, 6.45) is 8.45. The van der Waals surface area contributed by atoms with Crippen molar-refractivity contribution in [2.24, 2.45) is 5.92 Å². The van der Waals surface area contributed by atoms with E-state index in [1.54, 1.807) is 0 Å². The highest BCUT2D eigenvalue weighted by atomic mass is 15.2. The Balaban J connectivity index is 1.87. The third kappa shape index (κ3) is 1.98. The first-order valence-electron chi connectivity index (χ1n) is 7.39. The lowest BCUT2D eigenvalue weighted by Crippen LogP contribution is -2.35. The zero-order valence-corrected chi connectivity index (χ0v) is 11.4. The van der Waals surface area contributed by atoms with Gasteiger partial charge in [0.2, 0.25) is 0 Å². The monoisotopic (exact) mass is 244 g/mol. The van der Waals surface area contributed by atoms with E-state index in [4.69, 9.17) is 5.73 Å². The molecule has 0 aromatic heterocycles. The summed E-state index contributed by atoms with van der Waals surface area (Å²) in [5, 5.41) is 0. The fourth-order valence-corrected chi connectivity index (χ4v) is 3.88. The molecule has 0 amide bonds. The average molecular weight is 244 g/mol. The minimum atomic E-state index is 0.771. The molecule has 1 aromatic carbocycles. The topological polar surface area (TPSA) is 29.3 Å². The number of benzene rings is 1. The van der Waals surface area contributed by atoms with E-state index in [1.807, 2.05) is 6.07 Å². The summed E-state index contributed by atoms with van der Waals surface area (Å²) in [5.41, 5.74) is 9.64. The van der Waals surface area contributed by atoms with Gasteiger partial charge in [0.1, 0.15) is 0 Å². The summed E-state index contributed by atoms with van der Waals surface area (Å²) < 4.78 is 0. The molecule has 1 aliphatic heterocycles. The minimum absolute atomic E-state index is 0.771. The summed E-state index contributed by atoms with van der Waals surface area (Å²) in [5.74, 6) is 0.924. The van der Waals surface area contributed by atoms with Gasteiger partial charge >= 0.3 is 0 Å². The average Bonchev–Trinajstić information content (AvgIpc) is 3.01. The quantitative estimate of drug-likeness (QED) is 0.803. The molecule has 1 unspecified atom stereocenters. The molecule has 2 N–H and O–H groups in total. The van der Waals surface area contributed by atoms with E-state index in [1.165, 1.54) is 56.3 Å². The molecule has 1 atom stereocenters. The molecule has 2 nitrogen and oxygen atoms in total. The molecule has 2 aliphatic rings. The Hall–Kier alpha value is -1.18. The lowest BCUT2D eigenvalue weighted by Gasteiger charge is -2.32. The maximum absolute atomic E-state index is 6.06. The number of anilines is 2. The highest BCUT2D eigenvalue weighted by molar-refractivity contribution is 5.65. The van der Waals surface area contributed by atoms with Crippen LogP contribution in [0.4, 0.5) is 11.4 Å². The van der Waals surface area contributed by atoms with Crippen molar-refractivity contribution in [3.63, 3.8) is 0 Å². The van der Waals surface area contributed by atoms with Crippen molar-refractivity contribution in [1.82, 2.24) is 0 Å². The van der Waals surface area contributed by atoms with Crippen molar-refractivity contribution in [3.05, 3.63) is 23.8 Å². The molecule has 1 aromatic rings. The van der Waals surface area contributed by atoms with Gasteiger partial charge in [0.05, 0.1) is 0 Å².